The van der Waals surface area contributed by atoms with Crippen molar-refractivity contribution in [1.82, 2.24) is 0 Å². The summed E-state index contributed by atoms with van der Waals surface area (Å²) in [7, 11) is 1.36. The molecule has 0 fully saturated rings. The summed E-state index contributed by atoms with van der Waals surface area (Å²) in [6.45, 7) is 0. The van der Waals surface area contributed by atoms with Crippen molar-refractivity contribution in [3.8, 4) is 17.2 Å². The molecule has 7 nitrogen and oxygen atoms in total. The number of ketones is 4. The normalized spacial score (nSPS) is 13.0. The van der Waals surface area contributed by atoms with Crippen LogP contribution >= 0.6 is 0 Å². The monoisotopic (exact) mass is 478 g/mol. The fraction of sp³-hybridized carbons (Fsp3) is 0.0345. The van der Waals surface area contributed by atoms with E-state index >= 15 is 0 Å². The first-order valence-electron chi connectivity index (χ1n) is 10.9. The number of phenols is 2. The average Bonchev–Trinajstić information content (AvgIpc) is 2.90. The van der Waals surface area contributed by atoms with Crippen LogP contribution in [0.1, 0.15) is 63.7 Å². The van der Waals surface area contributed by atoms with Gasteiger partial charge in [0.15, 0.2) is 34.6 Å². The van der Waals surface area contributed by atoms with E-state index in [0.29, 0.717) is 22.3 Å². The number of hydrogen-bond acceptors (Lipinski definition) is 7. The molecular formula is C29H18O7. The Labute approximate surface area is 205 Å². The minimum absolute atomic E-state index is 0.0625. The van der Waals surface area contributed by atoms with Gasteiger partial charge in [-0.2, -0.15) is 0 Å². The summed E-state index contributed by atoms with van der Waals surface area (Å²) in [6.07, 6.45) is 0. The number of aromatic hydroxyl groups is 2. The van der Waals surface area contributed by atoms with Gasteiger partial charge in [0.05, 0.1) is 12.7 Å². The second-order valence-electron chi connectivity index (χ2n) is 8.18. The Morgan fingerprint density at radius 1 is 0.528 bits per heavy atom. The number of phenolic OH excluding ortho intramolecular Hbond substituents is 2. The van der Waals surface area contributed by atoms with Gasteiger partial charge in [0.2, 0.25) is 0 Å². The number of rotatable bonds is 1. The molecule has 0 aliphatic heterocycles. The van der Waals surface area contributed by atoms with Crippen molar-refractivity contribution >= 4 is 23.1 Å². The summed E-state index contributed by atoms with van der Waals surface area (Å²) in [5.41, 5.74) is 2.35. The first-order chi connectivity index (χ1) is 17.3. The highest BCUT2D eigenvalue weighted by Crippen LogP contribution is 2.39. The minimum Gasteiger partial charge on any atom is -0.508 e. The van der Waals surface area contributed by atoms with Crippen molar-refractivity contribution in [3.05, 3.63) is 123 Å². The minimum atomic E-state index is -0.467. The van der Waals surface area contributed by atoms with Gasteiger partial charge in [0.25, 0.3) is 0 Å². The lowest BCUT2D eigenvalue weighted by Gasteiger charge is -2.19. The second kappa shape index (κ2) is 8.63. The molecule has 0 atom stereocenters. The van der Waals surface area contributed by atoms with Gasteiger partial charge < -0.3 is 14.9 Å². The van der Waals surface area contributed by atoms with Crippen LogP contribution < -0.4 is 4.74 Å². The highest BCUT2D eigenvalue weighted by molar-refractivity contribution is 6.30. The molecule has 0 bridgehead atoms. The van der Waals surface area contributed by atoms with Crippen LogP contribution in [-0.4, -0.2) is 40.5 Å². The zero-order valence-corrected chi connectivity index (χ0v) is 18.9. The Kier molecular flexibility index (Phi) is 5.45. The number of carbonyl (C=O) groups is 4. The molecule has 0 saturated heterocycles. The smallest absolute Gasteiger partial charge is 0.198 e. The summed E-state index contributed by atoms with van der Waals surface area (Å²) in [6, 6.07) is 20.7. The second-order valence-corrected chi connectivity index (χ2v) is 8.18. The summed E-state index contributed by atoms with van der Waals surface area (Å²) in [5.74, 6) is -1.31. The van der Waals surface area contributed by atoms with Crippen molar-refractivity contribution in [2.75, 3.05) is 7.11 Å². The maximum atomic E-state index is 12.4. The standard InChI is InChI=1S/C15H10O5.C14H8O2/c1-20-11-5-4-9-12(15(11)19)14(18)8-3-2-7(16)6-10(8)13(9)17;15-13-9-5-1-2-6-10(9)14(16)12-8-4-3-7-11(12)13/h2-6,16,19H,1H3;1-8H. The molecule has 0 aromatic heterocycles. The van der Waals surface area contributed by atoms with Crippen LogP contribution in [0.4, 0.5) is 0 Å². The fourth-order valence-corrected chi connectivity index (χ4v) is 4.40. The molecule has 0 heterocycles. The topological polar surface area (TPSA) is 118 Å². The highest BCUT2D eigenvalue weighted by atomic mass is 16.5. The van der Waals surface area contributed by atoms with Crippen molar-refractivity contribution in [3.63, 3.8) is 0 Å². The van der Waals surface area contributed by atoms with E-state index in [1.807, 2.05) is 0 Å². The third-order valence-electron chi connectivity index (χ3n) is 6.16. The largest absolute Gasteiger partial charge is 0.508 e. The van der Waals surface area contributed by atoms with Crippen LogP contribution in [0.2, 0.25) is 0 Å². The van der Waals surface area contributed by atoms with Gasteiger partial charge in [-0.15, -0.1) is 0 Å². The van der Waals surface area contributed by atoms with Gasteiger partial charge in [-0.1, -0.05) is 48.5 Å². The third-order valence-corrected chi connectivity index (χ3v) is 6.16. The molecule has 7 heteroatoms. The summed E-state index contributed by atoms with van der Waals surface area (Å²) in [5, 5.41) is 19.5. The van der Waals surface area contributed by atoms with E-state index in [1.54, 1.807) is 48.5 Å². The molecule has 0 saturated carbocycles. The van der Waals surface area contributed by atoms with E-state index in [0.717, 1.165) is 0 Å². The molecule has 0 amide bonds. The van der Waals surface area contributed by atoms with Crippen LogP contribution in [0.15, 0.2) is 78.9 Å². The first-order valence-corrected chi connectivity index (χ1v) is 10.9. The summed E-state index contributed by atoms with van der Waals surface area (Å²) >= 11 is 0. The summed E-state index contributed by atoms with van der Waals surface area (Å²) < 4.78 is 4.95. The first kappa shape index (κ1) is 22.7. The molecule has 4 aromatic rings. The van der Waals surface area contributed by atoms with E-state index in [-0.39, 0.29) is 51.1 Å². The van der Waals surface area contributed by atoms with Gasteiger partial charge in [0.1, 0.15) is 5.75 Å². The quantitative estimate of drug-likeness (QED) is 0.361. The molecule has 0 radical (unpaired) electrons. The molecule has 36 heavy (non-hydrogen) atoms. The Hall–Kier alpha value is -5.04. The predicted molar refractivity (Wildman–Crippen MR) is 129 cm³/mol. The van der Waals surface area contributed by atoms with Crippen LogP contribution in [0.25, 0.3) is 0 Å². The molecule has 0 spiro atoms. The van der Waals surface area contributed by atoms with E-state index in [9.17, 15) is 29.4 Å². The molecule has 176 valence electrons. The average molecular weight is 478 g/mol. The van der Waals surface area contributed by atoms with Crippen LogP contribution in [0, 0.1) is 0 Å². The predicted octanol–water partition coefficient (Wildman–Crippen LogP) is 4.34. The number of fused-ring (bicyclic) bond motifs is 4. The SMILES string of the molecule is COc1ccc2c(c1O)C(=O)c1ccc(O)cc1C2=O.O=C1c2ccccc2C(=O)c2ccccc21. The van der Waals surface area contributed by atoms with Crippen molar-refractivity contribution in [2.45, 2.75) is 0 Å². The number of methoxy groups -OCH3 is 1. The van der Waals surface area contributed by atoms with Gasteiger partial charge in [-0.25, -0.2) is 0 Å². The Morgan fingerprint density at radius 2 is 0.972 bits per heavy atom. The number of carbonyl (C=O) groups excluding carboxylic acids is 4. The number of hydrogen-bond donors (Lipinski definition) is 2. The van der Waals surface area contributed by atoms with Crippen molar-refractivity contribution < 1.29 is 34.1 Å². The van der Waals surface area contributed by atoms with Crippen molar-refractivity contribution in [1.29, 1.82) is 0 Å². The van der Waals surface area contributed by atoms with Crippen LogP contribution in [0.3, 0.4) is 0 Å². The fourth-order valence-electron chi connectivity index (χ4n) is 4.40. The summed E-state index contributed by atoms with van der Waals surface area (Å²) in [4.78, 5) is 48.9. The zero-order chi connectivity index (χ0) is 25.6. The van der Waals surface area contributed by atoms with Crippen LogP contribution in [0.5, 0.6) is 17.2 Å². The Bertz CT molecular complexity index is 1510. The number of benzene rings is 4. The zero-order valence-electron chi connectivity index (χ0n) is 18.9. The van der Waals surface area contributed by atoms with Gasteiger partial charge >= 0.3 is 0 Å². The van der Waals surface area contributed by atoms with Crippen LogP contribution in [-0.2, 0) is 0 Å². The Balaban J connectivity index is 0.000000152. The van der Waals surface area contributed by atoms with E-state index in [2.05, 4.69) is 0 Å². The van der Waals surface area contributed by atoms with Gasteiger partial charge in [0, 0.05) is 38.9 Å². The maximum absolute atomic E-state index is 12.4. The third kappa shape index (κ3) is 3.45. The number of ether oxygens (including phenoxy) is 1. The van der Waals surface area contributed by atoms with E-state index < -0.39 is 11.6 Å². The molecule has 2 N–H and O–H groups in total. The molecule has 2 aliphatic rings. The molecular weight excluding hydrogens is 460 g/mol. The lowest BCUT2D eigenvalue weighted by Crippen LogP contribution is -2.21. The van der Waals surface area contributed by atoms with Gasteiger partial charge in [-0.3, -0.25) is 19.2 Å². The highest BCUT2D eigenvalue weighted by Gasteiger charge is 2.33. The van der Waals surface area contributed by atoms with Gasteiger partial charge in [-0.05, 0) is 30.3 Å². The maximum Gasteiger partial charge on any atom is 0.198 e. The molecule has 2 aliphatic carbocycles. The van der Waals surface area contributed by atoms with E-state index in [1.165, 1.54) is 37.4 Å². The van der Waals surface area contributed by atoms with Crippen molar-refractivity contribution in [2.24, 2.45) is 0 Å². The van der Waals surface area contributed by atoms with E-state index in [4.69, 9.17) is 4.74 Å². The molecule has 0 unspecified atom stereocenters. The molecule has 6 rings (SSSR count). The Morgan fingerprint density at radius 3 is 1.47 bits per heavy atom. The molecule has 4 aromatic carbocycles. The lowest BCUT2D eigenvalue weighted by atomic mass is 9.83. The lowest BCUT2D eigenvalue weighted by molar-refractivity contribution is 0.0976.